The summed E-state index contributed by atoms with van der Waals surface area (Å²) < 4.78 is 0. The van der Waals surface area contributed by atoms with E-state index < -0.39 is 0 Å². The van der Waals surface area contributed by atoms with Gasteiger partial charge in [-0.1, -0.05) is 54.6 Å². The van der Waals surface area contributed by atoms with E-state index in [4.69, 9.17) is 5.11 Å². The predicted octanol–water partition coefficient (Wildman–Crippen LogP) is 4.37. The summed E-state index contributed by atoms with van der Waals surface area (Å²) in [7, 11) is 0. The fraction of sp³-hybridized carbons (Fsp3) is 0.0526. The molecule has 0 amide bonds. The number of aliphatic hydroxyl groups is 1. The van der Waals surface area contributed by atoms with E-state index in [9.17, 15) is 9.59 Å². The second kappa shape index (κ2) is 7.18. The zero-order valence-electron chi connectivity index (χ0n) is 12.2. The van der Waals surface area contributed by atoms with E-state index in [0.717, 1.165) is 23.5 Å². The molecule has 3 heteroatoms. The molecule has 2 aromatic carbocycles. The molecule has 0 aliphatic carbocycles. The quantitative estimate of drug-likeness (QED) is 0.506. The lowest BCUT2D eigenvalue weighted by atomic mass is 10.0. The van der Waals surface area contributed by atoms with Crippen LogP contribution >= 0.6 is 0 Å². The molecule has 2 rings (SSSR count). The van der Waals surface area contributed by atoms with Crippen molar-refractivity contribution < 1.29 is 14.7 Å². The highest BCUT2D eigenvalue weighted by Gasteiger charge is 2.05. The van der Waals surface area contributed by atoms with Crippen molar-refractivity contribution in [3.05, 3.63) is 84.1 Å². The maximum Gasteiger partial charge on any atom is 0.188 e. The molecule has 0 unspecified atom stereocenters. The van der Waals surface area contributed by atoms with E-state index in [-0.39, 0.29) is 11.6 Å². The molecule has 0 aliphatic heterocycles. The molecule has 0 bridgehead atoms. The van der Waals surface area contributed by atoms with Crippen molar-refractivity contribution in [2.75, 3.05) is 0 Å². The molecule has 0 aromatic heterocycles. The first-order chi connectivity index (χ1) is 10.7. The van der Waals surface area contributed by atoms with Gasteiger partial charge < -0.3 is 5.11 Å². The SMILES string of the molecule is C/C=C\C(=O)c1ccc(-c2ccc(C(=O)/C=C\O)cc2)cc1. The van der Waals surface area contributed by atoms with Crippen molar-refractivity contribution in [1.82, 2.24) is 0 Å². The normalized spacial score (nSPS) is 11.1. The van der Waals surface area contributed by atoms with Crippen molar-refractivity contribution in [2.45, 2.75) is 6.92 Å². The van der Waals surface area contributed by atoms with Gasteiger partial charge in [-0.25, -0.2) is 0 Å². The molecule has 0 aliphatic rings. The molecule has 0 saturated heterocycles. The number of hydrogen-bond donors (Lipinski definition) is 1. The van der Waals surface area contributed by atoms with Gasteiger partial charge in [0.15, 0.2) is 11.6 Å². The van der Waals surface area contributed by atoms with E-state index in [1.807, 2.05) is 24.3 Å². The maximum absolute atomic E-state index is 11.7. The van der Waals surface area contributed by atoms with Crippen LogP contribution in [0.3, 0.4) is 0 Å². The Balaban J connectivity index is 2.22. The number of carbonyl (C=O) groups excluding carboxylic acids is 2. The Morgan fingerprint density at radius 2 is 1.18 bits per heavy atom. The highest BCUT2D eigenvalue weighted by atomic mass is 16.2. The summed E-state index contributed by atoms with van der Waals surface area (Å²) in [5.74, 6) is -0.271. The Hall–Kier alpha value is -2.94. The van der Waals surface area contributed by atoms with Crippen molar-refractivity contribution >= 4 is 11.6 Å². The number of aliphatic hydroxyl groups excluding tert-OH is 1. The minimum atomic E-state index is -0.249. The molecular weight excluding hydrogens is 276 g/mol. The number of ketones is 2. The van der Waals surface area contributed by atoms with Crippen molar-refractivity contribution in [3.8, 4) is 11.1 Å². The molecule has 0 fully saturated rings. The van der Waals surface area contributed by atoms with E-state index in [1.165, 1.54) is 6.08 Å². The molecule has 0 saturated carbocycles. The number of benzene rings is 2. The summed E-state index contributed by atoms with van der Waals surface area (Å²) in [5, 5.41) is 8.61. The molecule has 22 heavy (non-hydrogen) atoms. The summed E-state index contributed by atoms with van der Waals surface area (Å²) in [6, 6.07) is 14.4. The van der Waals surface area contributed by atoms with Crippen molar-refractivity contribution in [2.24, 2.45) is 0 Å². The molecule has 1 N–H and O–H groups in total. The lowest BCUT2D eigenvalue weighted by molar-refractivity contribution is 0.103. The van der Waals surface area contributed by atoms with Crippen LogP contribution in [0.15, 0.2) is 73.0 Å². The van der Waals surface area contributed by atoms with Gasteiger partial charge in [0.05, 0.1) is 6.26 Å². The minimum Gasteiger partial charge on any atom is -0.515 e. The van der Waals surface area contributed by atoms with Gasteiger partial charge in [0.1, 0.15) is 0 Å². The Morgan fingerprint density at radius 1 is 0.773 bits per heavy atom. The second-order valence-electron chi connectivity index (χ2n) is 4.70. The van der Waals surface area contributed by atoms with Crippen LogP contribution in [0.25, 0.3) is 11.1 Å². The third kappa shape index (κ3) is 3.58. The molecule has 3 nitrogen and oxygen atoms in total. The molecule has 0 radical (unpaired) electrons. The van der Waals surface area contributed by atoms with Crippen LogP contribution in [-0.2, 0) is 0 Å². The summed E-state index contributed by atoms with van der Waals surface area (Å²) in [6.45, 7) is 1.81. The second-order valence-corrected chi connectivity index (χ2v) is 4.70. The molecular formula is C19H16O3. The Bertz CT molecular complexity index is 655. The summed E-state index contributed by atoms with van der Waals surface area (Å²) in [5.41, 5.74) is 3.07. The van der Waals surface area contributed by atoms with Crippen LogP contribution in [0, 0.1) is 0 Å². The number of hydrogen-bond acceptors (Lipinski definition) is 3. The minimum absolute atomic E-state index is 0.0224. The standard InChI is InChI=1S/C19H16O3/c1-2-3-18(21)16-8-4-14(5-9-16)15-6-10-17(11-7-15)19(22)12-13-20/h2-13,20H,1H3/b3-2-,13-12-. The lowest BCUT2D eigenvalue weighted by Gasteiger charge is -2.04. The highest BCUT2D eigenvalue weighted by molar-refractivity contribution is 6.05. The van der Waals surface area contributed by atoms with E-state index in [1.54, 1.807) is 37.3 Å². The molecule has 0 heterocycles. The van der Waals surface area contributed by atoms with Crippen LogP contribution in [-0.4, -0.2) is 16.7 Å². The Kier molecular flexibility index (Phi) is 5.04. The molecule has 0 spiro atoms. The Labute approximate surface area is 129 Å². The summed E-state index contributed by atoms with van der Waals surface area (Å²) in [6.07, 6.45) is 5.09. The van der Waals surface area contributed by atoms with Crippen LogP contribution in [0.1, 0.15) is 27.6 Å². The maximum atomic E-state index is 11.7. The monoisotopic (exact) mass is 292 g/mol. The van der Waals surface area contributed by atoms with Gasteiger partial charge in [-0.05, 0) is 24.1 Å². The lowest BCUT2D eigenvalue weighted by Crippen LogP contribution is -1.94. The van der Waals surface area contributed by atoms with Crippen LogP contribution in [0.5, 0.6) is 0 Å². The molecule has 110 valence electrons. The van der Waals surface area contributed by atoms with Gasteiger partial charge >= 0.3 is 0 Å². The average molecular weight is 292 g/mol. The van der Waals surface area contributed by atoms with E-state index in [2.05, 4.69) is 0 Å². The molecule has 0 atom stereocenters. The number of rotatable bonds is 5. The number of carbonyl (C=O) groups is 2. The zero-order chi connectivity index (χ0) is 15.9. The predicted molar refractivity (Wildman–Crippen MR) is 87.1 cm³/mol. The summed E-state index contributed by atoms with van der Waals surface area (Å²) >= 11 is 0. The van der Waals surface area contributed by atoms with Crippen LogP contribution in [0.2, 0.25) is 0 Å². The van der Waals surface area contributed by atoms with Crippen LogP contribution in [0.4, 0.5) is 0 Å². The van der Waals surface area contributed by atoms with E-state index >= 15 is 0 Å². The van der Waals surface area contributed by atoms with Gasteiger partial charge in [0.25, 0.3) is 0 Å². The topological polar surface area (TPSA) is 54.4 Å². The summed E-state index contributed by atoms with van der Waals surface area (Å²) in [4.78, 5) is 23.3. The Morgan fingerprint density at radius 3 is 1.55 bits per heavy atom. The van der Waals surface area contributed by atoms with Crippen LogP contribution < -0.4 is 0 Å². The average Bonchev–Trinajstić information content (AvgIpc) is 2.55. The third-order valence-corrected chi connectivity index (χ3v) is 3.22. The third-order valence-electron chi connectivity index (χ3n) is 3.22. The first-order valence-corrected chi connectivity index (χ1v) is 6.88. The first-order valence-electron chi connectivity index (χ1n) is 6.88. The fourth-order valence-electron chi connectivity index (χ4n) is 2.07. The van der Waals surface area contributed by atoms with Gasteiger partial charge in [-0.15, -0.1) is 0 Å². The molecule has 2 aromatic rings. The van der Waals surface area contributed by atoms with Gasteiger partial charge in [-0.3, -0.25) is 9.59 Å². The first kappa shape index (κ1) is 15.4. The smallest absolute Gasteiger partial charge is 0.188 e. The fourth-order valence-corrected chi connectivity index (χ4v) is 2.07. The largest absolute Gasteiger partial charge is 0.515 e. The van der Waals surface area contributed by atoms with E-state index in [0.29, 0.717) is 11.1 Å². The van der Waals surface area contributed by atoms with Crippen molar-refractivity contribution in [1.29, 1.82) is 0 Å². The number of allylic oxidation sites excluding steroid dienone is 3. The van der Waals surface area contributed by atoms with Crippen molar-refractivity contribution in [3.63, 3.8) is 0 Å². The zero-order valence-corrected chi connectivity index (χ0v) is 12.2. The van der Waals surface area contributed by atoms with Gasteiger partial charge in [0.2, 0.25) is 0 Å². The highest BCUT2D eigenvalue weighted by Crippen LogP contribution is 2.21. The van der Waals surface area contributed by atoms with Gasteiger partial charge in [-0.2, -0.15) is 0 Å². The van der Waals surface area contributed by atoms with Gasteiger partial charge in [0, 0.05) is 17.2 Å².